The minimum absolute atomic E-state index is 0. The van der Waals surface area contributed by atoms with E-state index in [-0.39, 0.29) is 42.0 Å². The molecule has 0 radical (unpaired) electrons. The van der Waals surface area contributed by atoms with Crippen LogP contribution >= 0.6 is 40.7 Å². The first-order valence-corrected chi connectivity index (χ1v) is 8.74. The molecule has 24 heavy (non-hydrogen) atoms. The molecule has 0 aliphatic carbocycles. The Balaban J connectivity index is 0.00000264. The van der Waals surface area contributed by atoms with Crippen LogP contribution in [0.15, 0.2) is 16.6 Å². The van der Waals surface area contributed by atoms with Gasteiger partial charge in [0.2, 0.25) is 0 Å². The van der Waals surface area contributed by atoms with E-state index in [1.165, 1.54) is 5.56 Å². The van der Waals surface area contributed by atoms with Gasteiger partial charge < -0.3 is 15.2 Å². The number of halogens is 3. The predicted octanol–water partition coefficient (Wildman–Crippen LogP) is 4.39. The molecule has 1 fully saturated rings. The third-order valence-corrected chi connectivity index (χ3v) is 4.61. The molecule has 1 heterocycles. The molecule has 140 valence electrons. The van der Waals surface area contributed by atoms with E-state index in [1.54, 1.807) is 0 Å². The van der Waals surface area contributed by atoms with Crippen molar-refractivity contribution in [1.29, 1.82) is 0 Å². The molecule has 0 saturated carbocycles. The molecule has 1 aromatic carbocycles. The van der Waals surface area contributed by atoms with Gasteiger partial charge in [0.05, 0.1) is 11.1 Å². The topological polar surface area (TPSA) is 44.7 Å². The lowest BCUT2D eigenvalue weighted by molar-refractivity contribution is 0.0859. The lowest BCUT2D eigenvalue weighted by Crippen LogP contribution is -2.48. The SMILES string of the molecule is CCOc1cc([C@@H](N2CCNCC2)C(C)(C)C)cc(Br)c1O.Cl.Cl. The fourth-order valence-electron chi connectivity index (χ4n) is 3.22. The maximum atomic E-state index is 10.2. The van der Waals surface area contributed by atoms with Crippen molar-refractivity contribution in [3.05, 3.63) is 22.2 Å². The van der Waals surface area contributed by atoms with Gasteiger partial charge in [-0.3, -0.25) is 4.90 Å². The van der Waals surface area contributed by atoms with E-state index in [0.29, 0.717) is 16.8 Å². The maximum Gasteiger partial charge on any atom is 0.172 e. The maximum absolute atomic E-state index is 10.2. The summed E-state index contributed by atoms with van der Waals surface area (Å²) in [6.45, 7) is 13.4. The van der Waals surface area contributed by atoms with Crippen LogP contribution in [-0.2, 0) is 0 Å². The highest BCUT2D eigenvalue weighted by molar-refractivity contribution is 9.10. The zero-order chi connectivity index (χ0) is 16.3. The van der Waals surface area contributed by atoms with E-state index in [4.69, 9.17) is 4.74 Å². The molecule has 0 bridgehead atoms. The molecule has 2 rings (SSSR count). The molecule has 1 aromatic rings. The standard InChI is InChI=1S/C17H27BrN2O2.2ClH/c1-5-22-14-11-12(10-13(18)15(14)21)16(17(2,3)4)20-8-6-19-7-9-20;;/h10-11,16,19,21H,5-9H2,1-4H3;2*1H/t16-;;/m1../s1. The molecule has 7 heteroatoms. The van der Waals surface area contributed by atoms with Crippen molar-refractivity contribution in [2.75, 3.05) is 32.8 Å². The third-order valence-electron chi connectivity index (χ3n) is 4.00. The van der Waals surface area contributed by atoms with Gasteiger partial charge in [0.25, 0.3) is 0 Å². The first kappa shape index (κ1) is 23.8. The minimum Gasteiger partial charge on any atom is -0.503 e. The predicted molar refractivity (Wildman–Crippen MR) is 108 cm³/mol. The van der Waals surface area contributed by atoms with Crippen molar-refractivity contribution in [2.24, 2.45) is 5.41 Å². The average molecular weight is 444 g/mol. The number of hydrogen-bond donors (Lipinski definition) is 2. The van der Waals surface area contributed by atoms with E-state index < -0.39 is 0 Å². The van der Waals surface area contributed by atoms with Crippen LogP contribution in [0.3, 0.4) is 0 Å². The van der Waals surface area contributed by atoms with Gasteiger partial charge in [0, 0.05) is 32.2 Å². The lowest BCUT2D eigenvalue weighted by Gasteiger charge is -2.42. The summed E-state index contributed by atoms with van der Waals surface area (Å²) in [4.78, 5) is 2.52. The van der Waals surface area contributed by atoms with Crippen LogP contribution in [0.25, 0.3) is 0 Å². The van der Waals surface area contributed by atoms with E-state index in [2.05, 4.69) is 46.9 Å². The Morgan fingerprint density at radius 1 is 1.25 bits per heavy atom. The summed E-state index contributed by atoms with van der Waals surface area (Å²) in [6.07, 6.45) is 0. The van der Waals surface area contributed by atoms with Crippen LogP contribution in [-0.4, -0.2) is 42.8 Å². The zero-order valence-electron chi connectivity index (χ0n) is 14.8. The summed E-state index contributed by atoms with van der Waals surface area (Å²) in [5, 5.41) is 13.6. The van der Waals surface area contributed by atoms with Gasteiger partial charge in [-0.2, -0.15) is 0 Å². The summed E-state index contributed by atoms with van der Waals surface area (Å²) in [6, 6.07) is 4.29. The number of nitrogens with one attached hydrogen (secondary N) is 1. The summed E-state index contributed by atoms with van der Waals surface area (Å²) in [5.41, 5.74) is 1.28. The normalized spacial score (nSPS) is 16.7. The van der Waals surface area contributed by atoms with Crippen molar-refractivity contribution in [3.63, 3.8) is 0 Å². The Morgan fingerprint density at radius 2 is 1.83 bits per heavy atom. The monoisotopic (exact) mass is 442 g/mol. The summed E-state index contributed by atoms with van der Waals surface area (Å²) < 4.78 is 6.29. The van der Waals surface area contributed by atoms with Gasteiger partial charge in [0.1, 0.15) is 0 Å². The van der Waals surface area contributed by atoms with Crippen molar-refractivity contribution < 1.29 is 9.84 Å². The zero-order valence-corrected chi connectivity index (χ0v) is 18.0. The van der Waals surface area contributed by atoms with Gasteiger partial charge in [-0.25, -0.2) is 0 Å². The number of nitrogens with zero attached hydrogens (tertiary/aromatic N) is 1. The number of rotatable bonds is 4. The summed E-state index contributed by atoms with van der Waals surface area (Å²) >= 11 is 3.47. The van der Waals surface area contributed by atoms with Gasteiger partial charge in [0.15, 0.2) is 11.5 Å². The molecule has 0 spiro atoms. The number of piperazine rings is 1. The molecule has 1 aliphatic rings. The first-order valence-electron chi connectivity index (χ1n) is 7.94. The van der Waals surface area contributed by atoms with Crippen LogP contribution < -0.4 is 10.1 Å². The Hall–Kier alpha value is -0.200. The second-order valence-corrected chi connectivity index (χ2v) is 7.69. The highest BCUT2D eigenvalue weighted by Gasteiger charge is 2.33. The van der Waals surface area contributed by atoms with Crippen LogP contribution in [0.1, 0.15) is 39.3 Å². The molecule has 2 N–H and O–H groups in total. The fourth-order valence-corrected chi connectivity index (χ4v) is 3.68. The summed E-state index contributed by atoms with van der Waals surface area (Å²) in [7, 11) is 0. The minimum atomic E-state index is 0. The van der Waals surface area contributed by atoms with Crippen LogP contribution in [0.5, 0.6) is 11.5 Å². The Morgan fingerprint density at radius 3 is 2.33 bits per heavy atom. The second-order valence-electron chi connectivity index (χ2n) is 6.84. The van der Waals surface area contributed by atoms with Crippen molar-refractivity contribution in [2.45, 2.75) is 33.7 Å². The van der Waals surface area contributed by atoms with Crippen molar-refractivity contribution >= 4 is 40.7 Å². The van der Waals surface area contributed by atoms with E-state index in [1.807, 2.05) is 19.1 Å². The highest BCUT2D eigenvalue weighted by atomic mass is 79.9. The molecular weight excluding hydrogens is 415 g/mol. The number of hydrogen-bond acceptors (Lipinski definition) is 4. The van der Waals surface area contributed by atoms with Gasteiger partial charge in [-0.05, 0) is 46.0 Å². The Labute approximate surface area is 166 Å². The largest absolute Gasteiger partial charge is 0.503 e. The average Bonchev–Trinajstić information content (AvgIpc) is 2.44. The molecule has 0 amide bonds. The number of phenolic OH excluding ortho intramolecular Hbond substituents is 1. The Bertz CT molecular complexity index is 518. The quantitative estimate of drug-likeness (QED) is 0.724. The van der Waals surface area contributed by atoms with E-state index in [0.717, 1.165) is 26.2 Å². The highest BCUT2D eigenvalue weighted by Crippen LogP contribution is 2.43. The molecule has 1 saturated heterocycles. The number of benzene rings is 1. The van der Waals surface area contributed by atoms with Crippen LogP contribution in [0.4, 0.5) is 0 Å². The van der Waals surface area contributed by atoms with E-state index >= 15 is 0 Å². The molecule has 4 nitrogen and oxygen atoms in total. The van der Waals surface area contributed by atoms with Gasteiger partial charge in [-0.1, -0.05) is 20.8 Å². The van der Waals surface area contributed by atoms with Crippen molar-refractivity contribution in [1.82, 2.24) is 10.2 Å². The number of ether oxygens (including phenoxy) is 1. The smallest absolute Gasteiger partial charge is 0.172 e. The molecule has 1 aliphatic heterocycles. The van der Waals surface area contributed by atoms with Gasteiger partial charge >= 0.3 is 0 Å². The second kappa shape index (κ2) is 10.1. The van der Waals surface area contributed by atoms with Crippen LogP contribution in [0, 0.1) is 5.41 Å². The molecule has 0 unspecified atom stereocenters. The Kier molecular flexibility index (Phi) is 9.99. The number of phenols is 1. The number of aromatic hydroxyl groups is 1. The van der Waals surface area contributed by atoms with Gasteiger partial charge in [-0.15, -0.1) is 24.8 Å². The molecule has 1 atom stereocenters. The fraction of sp³-hybridized carbons (Fsp3) is 0.647. The first-order chi connectivity index (χ1) is 10.3. The van der Waals surface area contributed by atoms with Crippen molar-refractivity contribution in [3.8, 4) is 11.5 Å². The summed E-state index contributed by atoms with van der Waals surface area (Å²) in [5.74, 6) is 0.731. The van der Waals surface area contributed by atoms with Crippen LogP contribution in [0.2, 0.25) is 0 Å². The molecule has 0 aromatic heterocycles. The van der Waals surface area contributed by atoms with E-state index in [9.17, 15) is 5.11 Å². The lowest BCUT2D eigenvalue weighted by atomic mass is 9.81. The third kappa shape index (κ3) is 5.67. The molecular formula is C17H29BrCl2N2O2.